The van der Waals surface area contributed by atoms with E-state index >= 15 is 0 Å². The van der Waals surface area contributed by atoms with Gasteiger partial charge in [-0.05, 0) is 76.0 Å². The first kappa shape index (κ1) is 18.1. The monoisotopic (exact) mass is 343 g/mol. The summed E-state index contributed by atoms with van der Waals surface area (Å²) in [7, 11) is 4.22. The Morgan fingerprint density at radius 3 is 2.64 bits per heavy atom. The lowest BCUT2D eigenvalue weighted by atomic mass is 9.53. The summed E-state index contributed by atoms with van der Waals surface area (Å²) < 4.78 is 0. The molecule has 1 N–H and O–H groups in total. The molecule has 2 atom stereocenters. The molecule has 0 unspecified atom stereocenters. The normalized spacial score (nSPS) is 30.4. The molecule has 1 aromatic rings. The average molecular weight is 344 g/mol. The number of benzene rings is 1. The van der Waals surface area contributed by atoms with Crippen LogP contribution in [0.4, 0.5) is 0 Å². The van der Waals surface area contributed by atoms with E-state index in [1.807, 2.05) is 6.07 Å². The molecule has 0 aromatic heterocycles. The van der Waals surface area contributed by atoms with Crippen LogP contribution in [-0.4, -0.2) is 36.2 Å². The molecule has 0 heterocycles. The number of aliphatic hydroxyl groups is 1. The van der Waals surface area contributed by atoms with Crippen molar-refractivity contribution in [3.8, 4) is 0 Å². The highest BCUT2D eigenvalue weighted by atomic mass is 35.5. The summed E-state index contributed by atoms with van der Waals surface area (Å²) in [5, 5.41) is 12.2. The van der Waals surface area contributed by atoms with Crippen LogP contribution in [0.25, 0.3) is 0 Å². The average Bonchev–Trinajstić information content (AvgIpc) is 2.45. The third-order valence-corrected chi connectivity index (χ3v) is 5.95. The van der Waals surface area contributed by atoms with E-state index in [9.17, 15) is 5.11 Å². The number of halogens is 2. The van der Waals surface area contributed by atoms with E-state index in [0.717, 1.165) is 50.1 Å². The molecule has 2 nitrogen and oxygen atoms in total. The fraction of sp³-hybridized carbons (Fsp3) is 0.667. The molecule has 0 spiro atoms. The maximum absolute atomic E-state index is 11.4. The summed E-state index contributed by atoms with van der Waals surface area (Å²) in [4.78, 5) is 2.22. The van der Waals surface area contributed by atoms with Crippen molar-refractivity contribution in [3.63, 3.8) is 0 Å². The molecule has 0 radical (unpaired) electrons. The molecule has 0 amide bonds. The smallest absolute Gasteiger partial charge is 0.0747 e. The number of hydrogen-bond acceptors (Lipinski definition) is 2. The summed E-state index contributed by atoms with van der Waals surface area (Å²) in [5.41, 5.74) is 2.07. The molecular weight excluding hydrogens is 317 g/mol. The van der Waals surface area contributed by atoms with Crippen LogP contribution in [0, 0.1) is 0 Å². The summed E-state index contributed by atoms with van der Waals surface area (Å²) in [6, 6.07) is 6.29. The predicted molar refractivity (Wildman–Crippen MR) is 95.3 cm³/mol. The Morgan fingerprint density at radius 1 is 1.18 bits per heavy atom. The fourth-order valence-electron chi connectivity index (χ4n) is 4.53. The van der Waals surface area contributed by atoms with Gasteiger partial charge in [0.1, 0.15) is 0 Å². The molecule has 22 heavy (non-hydrogen) atoms. The first-order valence-electron chi connectivity index (χ1n) is 8.13. The molecule has 3 rings (SSSR count). The van der Waals surface area contributed by atoms with Gasteiger partial charge in [-0.25, -0.2) is 0 Å². The standard InChI is InChI=1S/C18H26ClNO.ClH/c1-20(2)12-11-17-8-3-4-9-18(17,21)10-7-14-5-6-15(19)13-16(14)17;/h5-6,13,21H,3-4,7-12H2,1-2H3;1H/t17-,18+;/m1./s1. The van der Waals surface area contributed by atoms with Crippen LogP contribution in [0.3, 0.4) is 0 Å². The summed E-state index contributed by atoms with van der Waals surface area (Å²) in [6.45, 7) is 1.01. The lowest BCUT2D eigenvalue weighted by Crippen LogP contribution is -2.57. The fourth-order valence-corrected chi connectivity index (χ4v) is 4.70. The number of nitrogens with zero attached hydrogens (tertiary/aromatic N) is 1. The van der Waals surface area contributed by atoms with Crippen molar-refractivity contribution in [1.82, 2.24) is 4.90 Å². The van der Waals surface area contributed by atoms with Crippen LogP contribution < -0.4 is 0 Å². The van der Waals surface area contributed by atoms with Crippen LogP contribution in [0.2, 0.25) is 5.02 Å². The number of aryl methyl sites for hydroxylation is 1. The van der Waals surface area contributed by atoms with Crippen molar-refractivity contribution in [2.75, 3.05) is 20.6 Å². The number of fused-ring (bicyclic) bond motifs is 3. The lowest BCUT2D eigenvalue weighted by molar-refractivity contribution is -0.0887. The maximum atomic E-state index is 11.4. The molecule has 4 heteroatoms. The van der Waals surface area contributed by atoms with Crippen LogP contribution >= 0.6 is 24.0 Å². The van der Waals surface area contributed by atoms with Gasteiger partial charge in [0.05, 0.1) is 5.60 Å². The van der Waals surface area contributed by atoms with Crippen molar-refractivity contribution < 1.29 is 5.11 Å². The Kier molecular flexibility index (Phi) is 5.49. The molecule has 1 aromatic carbocycles. The number of hydrogen-bond donors (Lipinski definition) is 1. The van der Waals surface area contributed by atoms with Crippen LogP contribution in [-0.2, 0) is 11.8 Å². The highest BCUT2D eigenvalue weighted by Gasteiger charge is 2.54. The Bertz CT molecular complexity index is 534. The first-order chi connectivity index (χ1) is 9.97. The van der Waals surface area contributed by atoms with Gasteiger partial charge in [0, 0.05) is 10.4 Å². The van der Waals surface area contributed by atoms with Crippen LogP contribution in [0.1, 0.15) is 49.7 Å². The minimum atomic E-state index is -0.543. The summed E-state index contributed by atoms with van der Waals surface area (Å²) >= 11 is 6.29. The van der Waals surface area contributed by atoms with Crippen LogP contribution in [0.5, 0.6) is 0 Å². The summed E-state index contributed by atoms with van der Waals surface area (Å²) in [5.74, 6) is 0. The van der Waals surface area contributed by atoms with Crippen molar-refractivity contribution >= 4 is 24.0 Å². The van der Waals surface area contributed by atoms with Crippen molar-refractivity contribution in [2.24, 2.45) is 0 Å². The van der Waals surface area contributed by atoms with Crippen LogP contribution in [0.15, 0.2) is 18.2 Å². The van der Waals surface area contributed by atoms with E-state index in [0.29, 0.717) is 0 Å². The van der Waals surface area contributed by atoms with Gasteiger partial charge in [0.15, 0.2) is 0 Å². The van der Waals surface area contributed by atoms with E-state index in [2.05, 4.69) is 31.1 Å². The molecule has 124 valence electrons. The maximum Gasteiger partial charge on any atom is 0.0747 e. The van der Waals surface area contributed by atoms with Gasteiger partial charge in [-0.15, -0.1) is 12.4 Å². The molecule has 2 aliphatic rings. The predicted octanol–water partition coefficient (Wildman–Crippen LogP) is 4.20. The van der Waals surface area contributed by atoms with Gasteiger partial charge >= 0.3 is 0 Å². The Hall–Kier alpha value is -0.280. The Balaban J connectivity index is 0.00000176. The second kappa shape index (κ2) is 6.68. The molecule has 0 saturated heterocycles. The van der Waals surface area contributed by atoms with E-state index < -0.39 is 5.60 Å². The first-order valence-corrected chi connectivity index (χ1v) is 8.51. The van der Waals surface area contributed by atoms with Gasteiger partial charge in [-0.1, -0.05) is 30.5 Å². The van der Waals surface area contributed by atoms with Gasteiger partial charge < -0.3 is 10.0 Å². The van der Waals surface area contributed by atoms with Gasteiger partial charge in [-0.3, -0.25) is 0 Å². The molecule has 0 aliphatic heterocycles. The molecule has 1 saturated carbocycles. The molecular formula is C18H27Cl2NO. The second-order valence-electron chi connectivity index (χ2n) is 7.18. The van der Waals surface area contributed by atoms with E-state index in [-0.39, 0.29) is 17.8 Å². The van der Waals surface area contributed by atoms with E-state index in [1.54, 1.807) is 0 Å². The van der Waals surface area contributed by atoms with E-state index in [4.69, 9.17) is 11.6 Å². The Labute approximate surface area is 145 Å². The third-order valence-electron chi connectivity index (χ3n) is 5.72. The van der Waals surface area contributed by atoms with Crippen molar-refractivity contribution in [1.29, 1.82) is 0 Å². The SMILES string of the molecule is CN(C)CC[C@@]12CCCC[C@]1(O)CCc1ccc(Cl)cc12.Cl. The quantitative estimate of drug-likeness (QED) is 0.888. The van der Waals surface area contributed by atoms with Crippen molar-refractivity contribution in [2.45, 2.75) is 56.0 Å². The lowest BCUT2D eigenvalue weighted by Gasteiger charge is -2.55. The Morgan fingerprint density at radius 2 is 1.91 bits per heavy atom. The number of rotatable bonds is 3. The van der Waals surface area contributed by atoms with Gasteiger partial charge in [0.25, 0.3) is 0 Å². The zero-order valence-electron chi connectivity index (χ0n) is 13.6. The zero-order chi connectivity index (χ0) is 15.1. The largest absolute Gasteiger partial charge is 0.389 e. The molecule has 0 bridgehead atoms. The van der Waals surface area contributed by atoms with Crippen molar-refractivity contribution in [3.05, 3.63) is 34.3 Å². The molecule has 2 aliphatic carbocycles. The topological polar surface area (TPSA) is 23.5 Å². The minimum Gasteiger partial charge on any atom is -0.389 e. The third kappa shape index (κ3) is 2.91. The molecule has 1 fully saturated rings. The van der Waals surface area contributed by atoms with E-state index in [1.165, 1.54) is 17.5 Å². The summed E-state index contributed by atoms with van der Waals surface area (Å²) in [6.07, 6.45) is 7.28. The minimum absolute atomic E-state index is 0. The zero-order valence-corrected chi connectivity index (χ0v) is 15.1. The van der Waals surface area contributed by atoms with Gasteiger partial charge in [0.2, 0.25) is 0 Å². The highest BCUT2D eigenvalue weighted by Crippen LogP contribution is 2.55. The second-order valence-corrected chi connectivity index (χ2v) is 7.61. The highest BCUT2D eigenvalue weighted by molar-refractivity contribution is 6.30. The van der Waals surface area contributed by atoms with Gasteiger partial charge in [-0.2, -0.15) is 0 Å².